The molecular formula is C13H9Br2F2N. The predicted octanol–water partition coefficient (Wildman–Crippen LogP) is 4.54. The maximum absolute atomic E-state index is 13.4. The van der Waals surface area contributed by atoms with Gasteiger partial charge in [-0.15, -0.1) is 0 Å². The standard InChI is InChI=1S/C13H9Br2F2N/c14-9-6-7(4-5-10(9)16)13(18)8-2-1-3-11(17)12(8)15/h1-6,13H,18H2. The minimum absolute atomic E-state index is 0.331. The molecule has 0 aliphatic rings. The molecule has 2 aromatic rings. The predicted molar refractivity (Wildman–Crippen MR) is 74.2 cm³/mol. The lowest BCUT2D eigenvalue weighted by atomic mass is 9.99. The summed E-state index contributed by atoms with van der Waals surface area (Å²) in [5.74, 6) is -0.728. The quantitative estimate of drug-likeness (QED) is 0.818. The van der Waals surface area contributed by atoms with Gasteiger partial charge in [-0.05, 0) is 61.2 Å². The first kappa shape index (κ1) is 13.6. The highest BCUT2D eigenvalue weighted by Gasteiger charge is 2.15. The van der Waals surface area contributed by atoms with E-state index in [-0.39, 0.29) is 11.6 Å². The molecule has 0 radical (unpaired) electrons. The van der Waals surface area contributed by atoms with Crippen LogP contribution in [0.25, 0.3) is 0 Å². The van der Waals surface area contributed by atoms with Crippen LogP contribution < -0.4 is 5.73 Å². The van der Waals surface area contributed by atoms with Crippen molar-refractivity contribution in [2.24, 2.45) is 5.73 Å². The zero-order valence-corrected chi connectivity index (χ0v) is 12.3. The van der Waals surface area contributed by atoms with Crippen molar-refractivity contribution in [2.75, 3.05) is 0 Å². The van der Waals surface area contributed by atoms with Crippen LogP contribution in [0.15, 0.2) is 45.3 Å². The van der Waals surface area contributed by atoms with E-state index in [1.807, 2.05) is 0 Å². The summed E-state index contributed by atoms with van der Waals surface area (Å²) in [4.78, 5) is 0. The lowest BCUT2D eigenvalue weighted by molar-refractivity contribution is 0.613. The molecule has 5 heteroatoms. The Morgan fingerprint density at radius 3 is 2.39 bits per heavy atom. The summed E-state index contributed by atoms with van der Waals surface area (Å²) >= 11 is 6.27. The molecule has 2 rings (SSSR count). The van der Waals surface area contributed by atoms with Crippen LogP contribution in [0.4, 0.5) is 8.78 Å². The zero-order valence-electron chi connectivity index (χ0n) is 9.13. The maximum atomic E-state index is 13.4. The minimum atomic E-state index is -0.521. The molecule has 0 saturated heterocycles. The van der Waals surface area contributed by atoms with Crippen LogP contribution in [0, 0.1) is 11.6 Å². The third-order valence-electron chi connectivity index (χ3n) is 2.62. The number of hydrogen-bond acceptors (Lipinski definition) is 1. The van der Waals surface area contributed by atoms with Gasteiger partial charge in [0.05, 0.1) is 15.0 Å². The second-order valence-electron chi connectivity index (χ2n) is 3.79. The van der Waals surface area contributed by atoms with Crippen LogP contribution in [0.1, 0.15) is 17.2 Å². The van der Waals surface area contributed by atoms with E-state index < -0.39 is 6.04 Å². The zero-order chi connectivity index (χ0) is 13.3. The van der Waals surface area contributed by atoms with Crippen molar-refractivity contribution >= 4 is 31.9 Å². The minimum Gasteiger partial charge on any atom is -0.320 e. The first-order valence-electron chi connectivity index (χ1n) is 5.15. The van der Waals surface area contributed by atoms with Crippen LogP contribution in [-0.2, 0) is 0 Å². The SMILES string of the molecule is NC(c1ccc(F)c(Br)c1)c1cccc(F)c1Br. The molecule has 0 spiro atoms. The molecular weight excluding hydrogens is 368 g/mol. The van der Waals surface area contributed by atoms with E-state index in [4.69, 9.17) is 5.73 Å². The van der Waals surface area contributed by atoms with Crippen LogP contribution >= 0.6 is 31.9 Å². The Bertz CT molecular complexity index is 587. The summed E-state index contributed by atoms with van der Waals surface area (Å²) in [6.45, 7) is 0. The van der Waals surface area contributed by atoms with Gasteiger partial charge in [-0.3, -0.25) is 0 Å². The fraction of sp³-hybridized carbons (Fsp3) is 0.0769. The third kappa shape index (κ3) is 2.63. The van der Waals surface area contributed by atoms with Gasteiger partial charge >= 0.3 is 0 Å². The third-order valence-corrected chi connectivity index (χ3v) is 4.06. The summed E-state index contributed by atoms with van der Waals surface area (Å²) in [6.07, 6.45) is 0. The van der Waals surface area contributed by atoms with Crippen molar-refractivity contribution in [2.45, 2.75) is 6.04 Å². The van der Waals surface area contributed by atoms with Crippen molar-refractivity contribution < 1.29 is 8.78 Å². The Kier molecular flexibility index (Phi) is 4.14. The molecule has 0 aliphatic carbocycles. The Labute approximate surface area is 120 Å². The van der Waals surface area contributed by atoms with Gasteiger partial charge in [0, 0.05) is 0 Å². The molecule has 0 aliphatic heterocycles. The van der Waals surface area contributed by atoms with Crippen LogP contribution in [0.3, 0.4) is 0 Å². The monoisotopic (exact) mass is 375 g/mol. The summed E-state index contributed by atoms with van der Waals surface area (Å²) in [6, 6.07) is 8.66. The van der Waals surface area contributed by atoms with Gasteiger partial charge < -0.3 is 5.73 Å². The van der Waals surface area contributed by atoms with E-state index in [9.17, 15) is 8.78 Å². The number of halogens is 4. The molecule has 0 heterocycles. The van der Waals surface area contributed by atoms with Gasteiger partial charge in [0.15, 0.2) is 0 Å². The highest BCUT2D eigenvalue weighted by Crippen LogP contribution is 2.30. The topological polar surface area (TPSA) is 26.0 Å². The highest BCUT2D eigenvalue weighted by molar-refractivity contribution is 9.10. The molecule has 2 aromatic carbocycles. The molecule has 94 valence electrons. The van der Waals surface area contributed by atoms with Gasteiger partial charge in [-0.25, -0.2) is 8.78 Å². The second kappa shape index (κ2) is 5.47. The Hall–Kier alpha value is -0.780. The molecule has 2 N–H and O–H groups in total. The number of nitrogens with two attached hydrogens (primary N) is 1. The van der Waals surface area contributed by atoms with Crippen molar-refractivity contribution in [3.05, 3.63) is 68.1 Å². The first-order valence-corrected chi connectivity index (χ1v) is 6.73. The van der Waals surface area contributed by atoms with E-state index >= 15 is 0 Å². The van der Waals surface area contributed by atoms with E-state index in [1.54, 1.807) is 24.3 Å². The van der Waals surface area contributed by atoms with Crippen LogP contribution in [0.2, 0.25) is 0 Å². The van der Waals surface area contributed by atoms with Crippen LogP contribution in [-0.4, -0.2) is 0 Å². The Morgan fingerprint density at radius 1 is 1.00 bits per heavy atom. The number of hydrogen-bond donors (Lipinski definition) is 1. The van der Waals surface area contributed by atoms with Crippen molar-refractivity contribution in [3.8, 4) is 0 Å². The van der Waals surface area contributed by atoms with Crippen molar-refractivity contribution in [1.29, 1.82) is 0 Å². The molecule has 0 fully saturated rings. The maximum Gasteiger partial charge on any atom is 0.137 e. The average Bonchev–Trinajstić information content (AvgIpc) is 2.35. The normalized spacial score (nSPS) is 12.5. The summed E-state index contributed by atoms with van der Waals surface area (Å²) in [5.41, 5.74) is 7.39. The molecule has 0 amide bonds. The lowest BCUT2D eigenvalue weighted by Crippen LogP contribution is -2.13. The number of benzene rings is 2. The second-order valence-corrected chi connectivity index (χ2v) is 5.44. The molecule has 0 aromatic heterocycles. The van der Waals surface area contributed by atoms with Crippen LogP contribution in [0.5, 0.6) is 0 Å². The number of rotatable bonds is 2. The summed E-state index contributed by atoms with van der Waals surface area (Å²) < 4.78 is 27.2. The molecule has 0 saturated carbocycles. The summed E-state index contributed by atoms with van der Waals surface area (Å²) in [5, 5.41) is 0. The Balaban J connectivity index is 2.44. The average molecular weight is 377 g/mol. The molecule has 1 unspecified atom stereocenters. The first-order chi connectivity index (χ1) is 8.50. The van der Waals surface area contributed by atoms with Crippen molar-refractivity contribution in [3.63, 3.8) is 0 Å². The molecule has 1 nitrogen and oxygen atoms in total. The molecule has 1 atom stereocenters. The van der Waals surface area contributed by atoms with Gasteiger partial charge in [-0.2, -0.15) is 0 Å². The van der Waals surface area contributed by atoms with Gasteiger partial charge in [0.1, 0.15) is 11.6 Å². The summed E-state index contributed by atoms with van der Waals surface area (Å²) in [7, 11) is 0. The van der Waals surface area contributed by atoms with E-state index in [1.165, 1.54) is 12.1 Å². The molecule has 0 bridgehead atoms. The lowest BCUT2D eigenvalue weighted by Gasteiger charge is -2.15. The van der Waals surface area contributed by atoms with E-state index in [0.29, 0.717) is 20.1 Å². The fourth-order valence-corrected chi connectivity index (χ4v) is 2.55. The largest absolute Gasteiger partial charge is 0.320 e. The fourth-order valence-electron chi connectivity index (χ4n) is 1.65. The van der Waals surface area contributed by atoms with Gasteiger partial charge in [0.25, 0.3) is 0 Å². The molecule has 18 heavy (non-hydrogen) atoms. The Morgan fingerprint density at radius 2 is 1.72 bits per heavy atom. The highest BCUT2D eigenvalue weighted by atomic mass is 79.9. The van der Waals surface area contributed by atoms with Gasteiger partial charge in [-0.1, -0.05) is 18.2 Å². The smallest absolute Gasteiger partial charge is 0.137 e. The van der Waals surface area contributed by atoms with Crippen molar-refractivity contribution in [1.82, 2.24) is 0 Å². The van der Waals surface area contributed by atoms with E-state index in [0.717, 1.165) is 0 Å². The van der Waals surface area contributed by atoms with E-state index in [2.05, 4.69) is 31.9 Å². The van der Waals surface area contributed by atoms with Gasteiger partial charge in [0.2, 0.25) is 0 Å².